The molecule has 0 radical (unpaired) electrons. The summed E-state index contributed by atoms with van der Waals surface area (Å²) in [6, 6.07) is 7.52. The first-order valence-corrected chi connectivity index (χ1v) is 6.60. The van der Waals surface area contributed by atoms with Crippen molar-refractivity contribution in [2.24, 2.45) is 0 Å². The molecule has 0 atom stereocenters. The highest BCUT2D eigenvalue weighted by Gasteiger charge is 2.22. The van der Waals surface area contributed by atoms with Crippen LogP contribution in [0.15, 0.2) is 36.7 Å². The Labute approximate surface area is 125 Å². The number of pyridine rings is 1. The van der Waals surface area contributed by atoms with Gasteiger partial charge < -0.3 is 4.98 Å². The van der Waals surface area contributed by atoms with Gasteiger partial charge in [-0.15, -0.1) is 10.2 Å². The van der Waals surface area contributed by atoms with Gasteiger partial charge >= 0.3 is 0 Å². The van der Waals surface area contributed by atoms with Gasteiger partial charge in [0.05, 0.1) is 6.42 Å². The predicted octanol–water partition coefficient (Wildman–Crippen LogP) is 0.508. The average molecular weight is 296 g/mol. The van der Waals surface area contributed by atoms with Crippen LogP contribution in [-0.4, -0.2) is 42.2 Å². The van der Waals surface area contributed by atoms with Crippen LogP contribution in [0.1, 0.15) is 27.6 Å². The number of tetrazole rings is 1. The van der Waals surface area contributed by atoms with Crippen molar-refractivity contribution in [3.8, 4) is 0 Å². The van der Waals surface area contributed by atoms with Gasteiger partial charge in [-0.25, -0.2) is 0 Å². The quantitative estimate of drug-likeness (QED) is 0.505. The molecule has 0 aliphatic rings. The lowest BCUT2D eigenvalue weighted by atomic mass is 10.0. The van der Waals surface area contributed by atoms with Gasteiger partial charge in [0.25, 0.3) is 5.78 Å². The molecule has 8 nitrogen and oxygen atoms in total. The van der Waals surface area contributed by atoms with Crippen molar-refractivity contribution in [2.75, 3.05) is 0 Å². The standard InChI is InChI=1S/C14H12N6O2/c21-12(13(22)14-17-19-20-18-14)8-11-9(4-6-16-11)7-10-3-1-2-5-15-10/h1-6,16H,7-8H2,(H,17,18,19,20). The molecule has 3 heterocycles. The third-order valence-corrected chi connectivity index (χ3v) is 3.17. The second-order valence-corrected chi connectivity index (χ2v) is 4.64. The van der Waals surface area contributed by atoms with Gasteiger partial charge in [-0.1, -0.05) is 6.07 Å². The van der Waals surface area contributed by atoms with Crippen LogP contribution in [0.2, 0.25) is 0 Å². The lowest BCUT2D eigenvalue weighted by Gasteiger charge is -2.03. The number of ketones is 2. The number of nitrogens with zero attached hydrogens (tertiary/aromatic N) is 4. The molecule has 0 saturated heterocycles. The van der Waals surface area contributed by atoms with Crippen molar-refractivity contribution in [1.82, 2.24) is 30.6 Å². The van der Waals surface area contributed by atoms with E-state index in [1.54, 1.807) is 12.4 Å². The Hall–Kier alpha value is -3.16. The molecule has 0 aromatic carbocycles. The first-order chi connectivity index (χ1) is 10.7. The molecular weight excluding hydrogens is 284 g/mol. The Kier molecular flexibility index (Phi) is 3.82. The smallest absolute Gasteiger partial charge is 0.269 e. The van der Waals surface area contributed by atoms with E-state index in [0.717, 1.165) is 11.3 Å². The van der Waals surface area contributed by atoms with Crippen LogP contribution < -0.4 is 0 Å². The summed E-state index contributed by atoms with van der Waals surface area (Å²) in [5, 5.41) is 12.5. The van der Waals surface area contributed by atoms with Crippen LogP contribution >= 0.6 is 0 Å². The molecule has 3 aromatic heterocycles. The molecule has 0 spiro atoms. The number of carbonyl (C=O) groups is 2. The van der Waals surface area contributed by atoms with Crippen molar-refractivity contribution in [2.45, 2.75) is 12.8 Å². The van der Waals surface area contributed by atoms with Crippen molar-refractivity contribution < 1.29 is 9.59 Å². The van der Waals surface area contributed by atoms with E-state index in [0.29, 0.717) is 12.1 Å². The second-order valence-electron chi connectivity index (χ2n) is 4.64. The molecule has 0 bridgehead atoms. The van der Waals surface area contributed by atoms with E-state index < -0.39 is 11.6 Å². The SMILES string of the molecule is O=C(Cc1[nH]ccc1Cc1ccccn1)C(=O)c1nn[nH]n1. The fourth-order valence-corrected chi connectivity index (χ4v) is 2.09. The molecular formula is C14H12N6O2. The van der Waals surface area contributed by atoms with Crippen molar-refractivity contribution in [3.05, 3.63) is 59.4 Å². The largest absolute Gasteiger partial charge is 0.364 e. The Morgan fingerprint density at radius 3 is 2.82 bits per heavy atom. The van der Waals surface area contributed by atoms with Crippen molar-refractivity contribution >= 4 is 11.6 Å². The van der Waals surface area contributed by atoms with Gasteiger partial charge in [0.2, 0.25) is 11.6 Å². The second kappa shape index (κ2) is 6.08. The number of carbonyl (C=O) groups excluding carboxylic acids is 2. The number of rotatable bonds is 6. The van der Waals surface area contributed by atoms with E-state index in [-0.39, 0.29) is 12.2 Å². The molecule has 0 aliphatic carbocycles. The Bertz CT molecular complexity index is 779. The maximum atomic E-state index is 12.0. The van der Waals surface area contributed by atoms with Gasteiger partial charge in [-0.05, 0) is 29.0 Å². The number of aromatic amines is 2. The van der Waals surface area contributed by atoms with Gasteiger partial charge in [0, 0.05) is 30.2 Å². The summed E-state index contributed by atoms with van der Waals surface area (Å²) in [6.45, 7) is 0. The fraction of sp³-hybridized carbons (Fsp3) is 0.143. The fourth-order valence-electron chi connectivity index (χ4n) is 2.09. The summed E-state index contributed by atoms with van der Waals surface area (Å²) < 4.78 is 0. The zero-order valence-electron chi connectivity index (χ0n) is 11.5. The first kappa shape index (κ1) is 13.8. The summed E-state index contributed by atoms with van der Waals surface area (Å²) in [6.07, 6.45) is 4.00. The molecule has 3 rings (SSSR count). The molecule has 0 unspecified atom stereocenters. The van der Waals surface area contributed by atoms with Gasteiger partial charge in [0.1, 0.15) is 0 Å². The molecule has 0 aliphatic heterocycles. The van der Waals surface area contributed by atoms with Crippen LogP contribution in [0.3, 0.4) is 0 Å². The van der Waals surface area contributed by atoms with Crippen molar-refractivity contribution in [3.63, 3.8) is 0 Å². The molecule has 0 fully saturated rings. The van der Waals surface area contributed by atoms with E-state index in [9.17, 15) is 9.59 Å². The van der Waals surface area contributed by atoms with Gasteiger partial charge in [-0.3, -0.25) is 14.6 Å². The minimum absolute atomic E-state index is 0.0391. The molecule has 0 saturated carbocycles. The highest BCUT2D eigenvalue weighted by atomic mass is 16.2. The van der Waals surface area contributed by atoms with Crippen LogP contribution in [0.25, 0.3) is 0 Å². The maximum Gasteiger partial charge on any atom is 0.269 e. The van der Waals surface area contributed by atoms with E-state index in [2.05, 4.69) is 30.6 Å². The van der Waals surface area contributed by atoms with Crippen LogP contribution in [0.4, 0.5) is 0 Å². The van der Waals surface area contributed by atoms with E-state index >= 15 is 0 Å². The summed E-state index contributed by atoms with van der Waals surface area (Å²) >= 11 is 0. The number of hydrogen-bond donors (Lipinski definition) is 2. The molecule has 3 aromatic rings. The number of nitrogens with one attached hydrogen (secondary N) is 2. The zero-order valence-corrected chi connectivity index (χ0v) is 11.5. The van der Waals surface area contributed by atoms with Crippen LogP contribution in [0, 0.1) is 0 Å². The number of aromatic nitrogens is 6. The summed E-state index contributed by atoms with van der Waals surface area (Å²) in [5.41, 5.74) is 2.50. The highest BCUT2D eigenvalue weighted by molar-refractivity contribution is 6.43. The molecule has 2 N–H and O–H groups in total. The third-order valence-electron chi connectivity index (χ3n) is 3.17. The third kappa shape index (κ3) is 2.95. The zero-order chi connectivity index (χ0) is 15.4. The number of hydrogen-bond acceptors (Lipinski definition) is 6. The van der Waals surface area contributed by atoms with E-state index in [1.165, 1.54) is 0 Å². The molecule has 0 amide bonds. The van der Waals surface area contributed by atoms with Crippen LogP contribution in [0.5, 0.6) is 0 Å². The Morgan fingerprint density at radius 1 is 1.18 bits per heavy atom. The van der Waals surface area contributed by atoms with E-state index in [1.807, 2.05) is 24.3 Å². The minimum Gasteiger partial charge on any atom is -0.364 e. The van der Waals surface area contributed by atoms with Gasteiger partial charge in [0.15, 0.2) is 0 Å². The minimum atomic E-state index is -0.757. The average Bonchev–Trinajstić information content (AvgIpc) is 3.20. The monoisotopic (exact) mass is 296 g/mol. The normalized spacial score (nSPS) is 10.5. The molecule has 110 valence electrons. The number of Topliss-reactive ketones (excluding diaryl/α,β-unsaturated/α-hetero) is 2. The lowest BCUT2D eigenvalue weighted by Crippen LogP contribution is -2.19. The summed E-state index contributed by atoms with van der Waals surface area (Å²) in [5.74, 6) is -1.57. The lowest BCUT2D eigenvalue weighted by molar-refractivity contribution is -0.114. The molecule has 8 heteroatoms. The first-order valence-electron chi connectivity index (χ1n) is 6.60. The predicted molar refractivity (Wildman–Crippen MR) is 75.1 cm³/mol. The maximum absolute atomic E-state index is 12.0. The topological polar surface area (TPSA) is 117 Å². The summed E-state index contributed by atoms with van der Waals surface area (Å²) in [7, 11) is 0. The Morgan fingerprint density at radius 2 is 2.09 bits per heavy atom. The van der Waals surface area contributed by atoms with Crippen molar-refractivity contribution in [1.29, 1.82) is 0 Å². The van der Waals surface area contributed by atoms with Crippen LogP contribution in [-0.2, 0) is 17.6 Å². The Balaban J connectivity index is 1.72. The van der Waals surface area contributed by atoms with Gasteiger partial charge in [-0.2, -0.15) is 5.21 Å². The number of H-pyrrole nitrogens is 2. The summed E-state index contributed by atoms with van der Waals surface area (Å²) in [4.78, 5) is 31.1. The van der Waals surface area contributed by atoms with E-state index in [4.69, 9.17) is 0 Å². The highest BCUT2D eigenvalue weighted by Crippen LogP contribution is 2.13. The molecule has 22 heavy (non-hydrogen) atoms.